The summed E-state index contributed by atoms with van der Waals surface area (Å²) in [4.78, 5) is 11.7. The van der Waals surface area contributed by atoms with Gasteiger partial charge in [0.1, 0.15) is 11.3 Å². The lowest BCUT2D eigenvalue weighted by atomic mass is 10.3. The van der Waals surface area contributed by atoms with Crippen LogP contribution in [0.1, 0.15) is 0 Å². The molecule has 0 spiro atoms. The van der Waals surface area contributed by atoms with E-state index in [0.717, 1.165) is 15.6 Å². The van der Waals surface area contributed by atoms with Gasteiger partial charge in [-0.1, -0.05) is 23.2 Å². The highest BCUT2D eigenvalue weighted by Crippen LogP contribution is 2.30. The molecule has 0 unspecified atom stereocenters. The van der Waals surface area contributed by atoms with E-state index in [2.05, 4.69) is 30.9 Å². The van der Waals surface area contributed by atoms with E-state index in [1.807, 2.05) is 6.07 Å². The monoisotopic (exact) mass is 341 g/mol. The zero-order valence-electron chi connectivity index (χ0n) is 8.92. The fourth-order valence-electron chi connectivity index (χ4n) is 1.71. The third-order valence-corrected chi connectivity index (χ3v) is 3.58. The Labute approximate surface area is 121 Å². The van der Waals surface area contributed by atoms with Crippen molar-refractivity contribution in [2.24, 2.45) is 0 Å². The minimum atomic E-state index is 0.569. The summed E-state index contributed by atoms with van der Waals surface area (Å²) in [5.41, 5.74) is 2.27. The first-order valence-corrected chi connectivity index (χ1v) is 6.64. The third-order valence-electron chi connectivity index (χ3n) is 2.52. The van der Waals surface area contributed by atoms with Crippen LogP contribution in [-0.4, -0.2) is 15.0 Å². The Kier molecular flexibility index (Phi) is 3.01. The number of hydrogen-bond acceptors (Lipinski definition) is 2. The number of halogens is 3. The Hall–Kier alpha value is -1.10. The molecule has 0 aliphatic carbocycles. The van der Waals surface area contributed by atoms with Gasteiger partial charge in [0, 0.05) is 22.4 Å². The van der Waals surface area contributed by atoms with Gasteiger partial charge in [-0.05, 0) is 34.1 Å². The van der Waals surface area contributed by atoms with Crippen molar-refractivity contribution in [1.29, 1.82) is 0 Å². The molecule has 0 amide bonds. The van der Waals surface area contributed by atoms with Gasteiger partial charge < -0.3 is 4.98 Å². The maximum absolute atomic E-state index is 6.11. The van der Waals surface area contributed by atoms with Gasteiger partial charge in [-0.25, -0.2) is 4.98 Å². The molecule has 0 aliphatic heterocycles. The van der Waals surface area contributed by atoms with Crippen LogP contribution in [-0.2, 0) is 0 Å². The third kappa shape index (κ3) is 2.00. The van der Waals surface area contributed by atoms with Gasteiger partial charge in [0.2, 0.25) is 0 Å². The molecule has 18 heavy (non-hydrogen) atoms. The number of nitrogens with zero attached hydrogens (tertiary/aromatic N) is 2. The van der Waals surface area contributed by atoms with E-state index >= 15 is 0 Å². The average molecular weight is 343 g/mol. The van der Waals surface area contributed by atoms with Crippen molar-refractivity contribution in [3.05, 3.63) is 45.1 Å². The van der Waals surface area contributed by atoms with E-state index in [0.29, 0.717) is 21.4 Å². The van der Waals surface area contributed by atoms with Crippen molar-refractivity contribution < 1.29 is 0 Å². The van der Waals surface area contributed by atoms with Gasteiger partial charge in [0.05, 0.1) is 15.6 Å². The first kappa shape index (κ1) is 12.0. The molecule has 2 heterocycles. The van der Waals surface area contributed by atoms with Crippen LogP contribution in [0.5, 0.6) is 0 Å². The Morgan fingerprint density at radius 2 is 1.89 bits per heavy atom. The molecule has 0 saturated heterocycles. The first-order chi connectivity index (χ1) is 8.65. The summed E-state index contributed by atoms with van der Waals surface area (Å²) in [7, 11) is 0. The van der Waals surface area contributed by atoms with Crippen molar-refractivity contribution in [2.45, 2.75) is 0 Å². The lowest BCUT2D eigenvalue weighted by Crippen LogP contribution is -1.82. The molecule has 0 aliphatic rings. The zero-order valence-corrected chi connectivity index (χ0v) is 12.0. The van der Waals surface area contributed by atoms with Crippen LogP contribution in [0.15, 0.2) is 35.1 Å². The number of H-pyrrole nitrogens is 1. The van der Waals surface area contributed by atoms with Crippen molar-refractivity contribution in [2.75, 3.05) is 0 Å². The number of fused-ring (bicyclic) bond motifs is 1. The Morgan fingerprint density at radius 1 is 1.11 bits per heavy atom. The summed E-state index contributed by atoms with van der Waals surface area (Å²) < 4.78 is 0.887. The van der Waals surface area contributed by atoms with Crippen LogP contribution in [0.4, 0.5) is 0 Å². The SMILES string of the molecule is Clc1ccc(Cl)c2[nH]c(-c3cncc(Br)c3)nc12. The number of pyridine rings is 1. The number of aromatic nitrogens is 3. The van der Waals surface area contributed by atoms with E-state index in [-0.39, 0.29) is 0 Å². The number of imidazole rings is 1. The van der Waals surface area contributed by atoms with E-state index < -0.39 is 0 Å². The predicted molar refractivity (Wildman–Crippen MR) is 77.0 cm³/mol. The number of rotatable bonds is 1. The molecule has 3 aromatic rings. The van der Waals surface area contributed by atoms with Gasteiger partial charge in [0.15, 0.2) is 0 Å². The Balaban J connectivity index is 2.26. The molecule has 1 aromatic carbocycles. The highest BCUT2D eigenvalue weighted by molar-refractivity contribution is 9.10. The minimum Gasteiger partial charge on any atom is -0.337 e. The molecular weight excluding hydrogens is 337 g/mol. The second-order valence-electron chi connectivity index (χ2n) is 3.73. The summed E-state index contributed by atoms with van der Waals surface area (Å²) in [5, 5.41) is 1.16. The molecule has 3 nitrogen and oxygen atoms in total. The predicted octanol–water partition coefficient (Wildman–Crippen LogP) is 4.69. The van der Waals surface area contributed by atoms with E-state index in [9.17, 15) is 0 Å². The standard InChI is InChI=1S/C12H6BrCl2N3/c13-7-3-6(4-16-5-7)12-17-10-8(14)1-2-9(15)11(10)18-12/h1-5H,(H,17,18). The van der Waals surface area contributed by atoms with Gasteiger partial charge in [0.25, 0.3) is 0 Å². The largest absolute Gasteiger partial charge is 0.337 e. The second-order valence-corrected chi connectivity index (χ2v) is 5.46. The summed E-state index contributed by atoms with van der Waals surface area (Å²) in [6.07, 6.45) is 3.44. The van der Waals surface area contributed by atoms with Crippen LogP contribution < -0.4 is 0 Å². The van der Waals surface area contributed by atoms with E-state index in [1.54, 1.807) is 24.5 Å². The Bertz CT molecular complexity index is 700. The highest BCUT2D eigenvalue weighted by atomic mass is 79.9. The molecule has 1 N–H and O–H groups in total. The molecule has 0 radical (unpaired) electrons. The summed E-state index contributed by atoms with van der Waals surface area (Å²) in [5.74, 6) is 0.689. The number of nitrogens with one attached hydrogen (secondary N) is 1. The molecular formula is C12H6BrCl2N3. The molecule has 0 fully saturated rings. The summed E-state index contributed by atoms with van der Waals surface area (Å²) in [6.45, 7) is 0. The van der Waals surface area contributed by atoms with Gasteiger partial charge in [-0.15, -0.1) is 0 Å². The molecule has 90 valence electrons. The van der Waals surface area contributed by atoms with Crippen molar-refractivity contribution >= 4 is 50.2 Å². The normalized spacial score (nSPS) is 11.1. The fourth-order valence-corrected chi connectivity index (χ4v) is 2.47. The molecule has 6 heteroatoms. The summed E-state index contributed by atoms with van der Waals surface area (Å²) >= 11 is 15.6. The van der Waals surface area contributed by atoms with Crippen LogP contribution in [0, 0.1) is 0 Å². The van der Waals surface area contributed by atoms with Crippen LogP contribution >= 0.6 is 39.1 Å². The van der Waals surface area contributed by atoms with Gasteiger partial charge in [-0.3, -0.25) is 4.98 Å². The molecule has 0 atom stereocenters. The lowest BCUT2D eigenvalue weighted by molar-refractivity contribution is 1.26. The maximum atomic E-state index is 6.11. The van der Waals surface area contributed by atoms with Crippen LogP contribution in [0.25, 0.3) is 22.4 Å². The number of benzene rings is 1. The van der Waals surface area contributed by atoms with Gasteiger partial charge >= 0.3 is 0 Å². The first-order valence-electron chi connectivity index (χ1n) is 5.10. The van der Waals surface area contributed by atoms with Crippen molar-refractivity contribution in [1.82, 2.24) is 15.0 Å². The second kappa shape index (κ2) is 4.53. The molecule has 3 rings (SSSR count). The zero-order chi connectivity index (χ0) is 12.7. The van der Waals surface area contributed by atoms with E-state index in [4.69, 9.17) is 23.2 Å². The maximum Gasteiger partial charge on any atom is 0.140 e. The van der Waals surface area contributed by atoms with E-state index in [1.165, 1.54) is 0 Å². The highest BCUT2D eigenvalue weighted by Gasteiger charge is 2.11. The van der Waals surface area contributed by atoms with Crippen molar-refractivity contribution in [3.8, 4) is 11.4 Å². The topological polar surface area (TPSA) is 41.6 Å². The van der Waals surface area contributed by atoms with Crippen LogP contribution in [0.3, 0.4) is 0 Å². The summed E-state index contributed by atoms with van der Waals surface area (Å²) in [6, 6.07) is 5.40. The average Bonchev–Trinajstić information content (AvgIpc) is 2.80. The fraction of sp³-hybridized carbons (Fsp3) is 0. The number of hydrogen-bond donors (Lipinski definition) is 1. The molecule has 0 bridgehead atoms. The smallest absolute Gasteiger partial charge is 0.140 e. The van der Waals surface area contributed by atoms with Crippen LogP contribution in [0.2, 0.25) is 10.0 Å². The minimum absolute atomic E-state index is 0.569. The lowest BCUT2D eigenvalue weighted by Gasteiger charge is -1.95. The quantitative estimate of drug-likeness (QED) is 0.696. The molecule has 2 aromatic heterocycles. The molecule has 0 saturated carbocycles. The van der Waals surface area contributed by atoms with Crippen molar-refractivity contribution in [3.63, 3.8) is 0 Å². The number of aromatic amines is 1. The van der Waals surface area contributed by atoms with Gasteiger partial charge in [-0.2, -0.15) is 0 Å². The Morgan fingerprint density at radius 3 is 2.61 bits per heavy atom.